The van der Waals surface area contributed by atoms with Gasteiger partial charge in [-0.2, -0.15) is 4.98 Å². The molecule has 1 fully saturated rings. The first-order valence-electron chi connectivity index (χ1n) is 7.26. The molecule has 0 bridgehead atoms. The van der Waals surface area contributed by atoms with Crippen LogP contribution in [0.5, 0.6) is 5.75 Å². The minimum absolute atomic E-state index is 0.172. The van der Waals surface area contributed by atoms with Crippen LogP contribution < -0.4 is 16.0 Å². The first kappa shape index (κ1) is 13.1. The van der Waals surface area contributed by atoms with E-state index in [1.165, 1.54) is 0 Å². The molecule has 0 amide bonds. The van der Waals surface area contributed by atoms with Gasteiger partial charge >= 0.3 is 0 Å². The van der Waals surface area contributed by atoms with E-state index in [0.29, 0.717) is 22.7 Å². The summed E-state index contributed by atoms with van der Waals surface area (Å²) in [7, 11) is 1.96. The summed E-state index contributed by atoms with van der Waals surface area (Å²) in [6, 6.07) is 5.39. The number of benzene rings is 1. The third-order valence-electron chi connectivity index (χ3n) is 4.19. The number of nitrogens with one attached hydrogen (secondary N) is 1. The highest BCUT2D eigenvalue weighted by Crippen LogP contribution is 2.35. The average Bonchev–Trinajstić information content (AvgIpc) is 3.11. The predicted molar refractivity (Wildman–Crippen MR) is 85.1 cm³/mol. The van der Waals surface area contributed by atoms with Crippen LogP contribution in [0.4, 0.5) is 11.8 Å². The molecule has 0 aliphatic carbocycles. The SMILES string of the molecule is CNC1CCN(c2nc(N)nc3c2oc2ccc(O)cc23)C1. The highest BCUT2D eigenvalue weighted by molar-refractivity contribution is 6.06. The van der Waals surface area contributed by atoms with E-state index in [4.69, 9.17) is 10.2 Å². The average molecular weight is 299 g/mol. The lowest BCUT2D eigenvalue weighted by molar-refractivity contribution is 0.476. The third-order valence-corrected chi connectivity index (χ3v) is 4.19. The van der Waals surface area contributed by atoms with Crippen LogP contribution in [0.2, 0.25) is 0 Å². The number of aromatic nitrogens is 2. The van der Waals surface area contributed by atoms with Gasteiger partial charge in [-0.05, 0) is 31.7 Å². The Hall–Kier alpha value is -2.54. The Morgan fingerprint density at radius 2 is 2.27 bits per heavy atom. The van der Waals surface area contributed by atoms with Crippen molar-refractivity contribution in [1.82, 2.24) is 15.3 Å². The third kappa shape index (κ3) is 1.93. The molecule has 3 aromatic rings. The molecule has 1 aliphatic rings. The van der Waals surface area contributed by atoms with E-state index in [0.717, 1.165) is 30.7 Å². The van der Waals surface area contributed by atoms with Crippen molar-refractivity contribution in [3.63, 3.8) is 0 Å². The first-order chi connectivity index (χ1) is 10.7. The summed E-state index contributed by atoms with van der Waals surface area (Å²) in [6.07, 6.45) is 1.04. The second kappa shape index (κ2) is 4.74. The Balaban J connectivity index is 1.93. The quantitative estimate of drug-likeness (QED) is 0.658. The standard InChI is InChI=1S/C15H17N5O2/c1-17-8-4-5-20(7-8)14-13-12(18-15(16)19-14)10-6-9(21)2-3-11(10)22-13/h2-3,6,8,17,21H,4-5,7H2,1H3,(H2,16,18,19). The van der Waals surface area contributed by atoms with Crippen molar-refractivity contribution in [2.45, 2.75) is 12.5 Å². The number of rotatable bonds is 2. The van der Waals surface area contributed by atoms with Gasteiger partial charge in [0.15, 0.2) is 11.4 Å². The summed E-state index contributed by atoms with van der Waals surface area (Å²) >= 11 is 0. The molecular weight excluding hydrogens is 282 g/mol. The Morgan fingerprint density at radius 3 is 3.05 bits per heavy atom. The second-order valence-electron chi connectivity index (χ2n) is 5.59. The minimum Gasteiger partial charge on any atom is -0.508 e. The number of nitrogens with zero attached hydrogens (tertiary/aromatic N) is 3. The van der Waals surface area contributed by atoms with E-state index >= 15 is 0 Å². The summed E-state index contributed by atoms with van der Waals surface area (Å²) in [6.45, 7) is 1.74. The molecule has 7 nitrogen and oxygen atoms in total. The smallest absolute Gasteiger partial charge is 0.222 e. The lowest BCUT2D eigenvalue weighted by Gasteiger charge is -2.17. The zero-order valence-electron chi connectivity index (χ0n) is 12.2. The molecule has 3 heterocycles. The number of phenolic OH excluding ortho intramolecular Hbond substituents is 1. The van der Waals surface area contributed by atoms with Crippen LogP contribution in [0.1, 0.15) is 6.42 Å². The van der Waals surface area contributed by atoms with Crippen LogP contribution in [-0.2, 0) is 0 Å². The van der Waals surface area contributed by atoms with Crippen LogP contribution in [0.25, 0.3) is 22.1 Å². The van der Waals surface area contributed by atoms with E-state index in [1.807, 2.05) is 7.05 Å². The first-order valence-corrected chi connectivity index (χ1v) is 7.26. The number of anilines is 2. The molecule has 0 radical (unpaired) electrons. The molecule has 1 saturated heterocycles. The maximum Gasteiger partial charge on any atom is 0.222 e. The molecule has 1 aromatic carbocycles. The number of fused-ring (bicyclic) bond motifs is 3. The Kier molecular flexibility index (Phi) is 2.83. The summed E-state index contributed by atoms with van der Waals surface area (Å²) in [5.41, 5.74) is 7.80. The number of furan rings is 1. The number of nitrogens with two attached hydrogens (primary N) is 1. The van der Waals surface area contributed by atoms with E-state index in [2.05, 4.69) is 20.2 Å². The van der Waals surface area contributed by atoms with Gasteiger partial charge in [0, 0.05) is 19.1 Å². The van der Waals surface area contributed by atoms with Gasteiger partial charge in [-0.15, -0.1) is 0 Å². The molecular formula is C15H17N5O2. The summed E-state index contributed by atoms with van der Waals surface area (Å²) in [5, 5.41) is 13.7. The van der Waals surface area contributed by atoms with Crippen LogP contribution in [0.15, 0.2) is 22.6 Å². The molecule has 22 heavy (non-hydrogen) atoms. The molecule has 0 saturated carbocycles. The molecule has 7 heteroatoms. The molecule has 1 unspecified atom stereocenters. The van der Waals surface area contributed by atoms with Gasteiger partial charge in [0.1, 0.15) is 16.8 Å². The molecule has 4 N–H and O–H groups in total. The highest BCUT2D eigenvalue weighted by atomic mass is 16.3. The lowest BCUT2D eigenvalue weighted by Crippen LogP contribution is -2.30. The number of hydrogen-bond donors (Lipinski definition) is 3. The molecule has 1 aliphatic heterocycles. The highest BCUT2D eigenvalue weighted by Gasteiger charge is 2.26. The Morgan fingerprint density at radius 1 is 1.41 bits per heavy atom. The fraction of sp³-hybridized carbons (Fsp3) is 0.333. The monoisotopic (exact) mass is 299 g/mol. The Bertz CT molecular complexity index is 860. The molecule has 0 spiro atoms. The van der Waals surface area contributed by atoms with Crippen molar-refractivity contribution < 1.29 is 9.52 Å². The van der Waals surface area contributed by atoms with Gasteiger partial charge in [0.2, 0.25) is 5.95 Å². The van der Waals surface area contributed by atoms with E-state index in [9.17, 15) is 5.11 Å². The number of phenols is 1. The summed E-state index contributed by atoms with van der Waals surface area (Å²) < 4.78 is 5.92. The maximum absolute atomic E-state index is 9.69. The van der Waals surface area contributed by atoms with Crippen molar-refractivity contribution in [2.75, 3.05) is 30.8 Å². The predicted octanol–water partition coefficient (Wildman–Crippen LogP) is 1.46. The topological polar surface area (TPSA) is 100 Å². The zero-order valence-corrected chi connectivity index (χ0v) is 12.2. The largest absolute Gasteiger partial charge is 0.508 e. The van der Waals surface area contributed by atoms with Gasteiger partial charge in [0.05, 0.1) is 5.39 Å². The molecule has 114 valence electrons. The van der Waals surface area contributed by atoms with Crippen molar-refractivity contribution in [1.29, 1.82) is 0 Å². The molecule has 4 rings (SSSR count). The van der Waals surface area contributed by atoms with Crippen LogP contribution >= 0.6 is 0 Å². The van der Waals surface area contributed by atoms with Gasteiger partial charge in [-0.1, -0.05) is 0 Å². The number of likely N-dealkylation sites (N-methyl/N-ethyl adjacent to an activating group) is 1. The Labute approximate surface area is 126 Å². The van der Waals surface area contributed by atoms with E-state index in [-0.39, 0.29) is 11.7 Å². The minimum atomic E-state index is 0.172. The summed E-state index contributed by atoms with van der Waals surface area (Å²) in [5.74, 6) is 1.10. The number of hydrogen-bond acceptors (Lipinski definition) is 7. The van der Waals surface area contributed by atoms with E-state index < -0.39 is 0 Å². The van der Waals surface area contributed by atoms with Gasteiger partial charge < -0.3 is 25.5 Å². The van der Waals surface area contributed by atoms with E-state index in [1.54, 1.807) is 18.2 Å². The van der Waals surface area contributed by atoms with Crippen molar-refractivity contribution in [3.05, 3.63) is 18.2 Å². The fourth-order valence-corrected chi connectivity index (χ4v) is 3.04. The molecule has 1 atom stereocenters. The molecule has 2 aromatic heterocycles. The van der Waals surface area contributed by atoms with Crippen LogP contribution in [0.3, 0.4) is 0 Å². The lowest BCUT2D eigenvalue weighted by atomic mass is 10.2. The van der Waals surface area contributed by atoms with Crippen LogP contribution in [0, 0.1) is 0 Å². The van der Waals surface area contributed by atoms with Gasteiger partial charge in [-0.3, -0.25) is 0 Å². The summed E-state index contributed by atoms with van der Waals surface area (Å²) in [4.78, 5) is 10.8. The van der Waals surface area contributed by atoms with Crippen molar-refractivity contribution in [2.24, 2.45) is 0 Å². The van der Waals surface area contributed by atoms with Crippen LogP contribution in [-0.4, -0.2) is 41.3 Å². The number of nitrogen functional groups attached to an aromatic ring is 1. The normalized spacial score (nSPS) is 18.6. The van der Waals surface area contributed by atoms with Gasteiger partial charge in [0.25, 0.3) is 0 Å². The van der Waals surface area contributed by atoms with Crippen molar-refractivity contribution >= 4 is 33.8 Å². The second-order valence-corrected chi connectivity index (χ2v) is 5.59. The zero-order chi connectivity index (χ0) is 15.3. The number of aromatic hydroxyl groups is 1. The maximum atomic E-state index is 9.69. The fourth-order valence-electron chi connectivity index (χ4n) is 3.04. The van der Waals surface area contributed by atoms with Gasteiger partial charge in [-0.25, -0.2) is 4.98 Å². The van der Waals surface area contributed by atoms with Crippen molar-refractivity contribution in [3.8, 4) is 5.75 Å².